The quantitative estimate of drug-likeness (QED) is 0.503. The average Bonchev–Trinajstić information content (AvgIpc) is 2.69. The SMILES string of the molecule is CCOc1ccc(C(Br)c2cc(Br)sc2Br)cc1. The predicted molar refractivity (Wildman–Crippen MR) is 88.1 cm³/mol. The first-order valence-corrected chi connectivity index (χ1v) is 8.75. The Bertz CT molecular complexity index is 522. The topological polar surface area (TPSA) is 9.23 Å². The van der Waals surface area contributed by atoms with Gasteiger partial charge in [-0.05, 0) is 68.1 Å². The molecule has 0 saturated carbocycles. The van der Waals surface area contributed by atoms with E-state index in [0.717, 1.165) is 13.3 Å². The van der Waals surface area contributed by atoms with Crippen molar-refractivity contribution in [2.24, 2.45) is 0 Å². The smallest absolute Gasteiger partial charge is 0.119 e. The molecule has 0 aliphatic rings. The Morgan fingerprint density at radius 2 is 1.89 bits per heavy atom. The number of halogens is 3. The summed E-state index contributed by atoms with van der Waals surface area (Å²) in [6.07, 6.45) is 0. The van der Waals surface area contributed by atoms with Gasteiger partial charge in [0.1, 0.15) is 5.75 Å². The Hall–Kier alpha value is 0.160. The van der Waals surface area contributed by atoms with Crippen LogP contribution in [0.4, 0.5) is 0 Å². The Morgan fingerprint density at radius 3 is 2.39 bits per heavy atom. The van der Waals surface area contributed by atoms with Gasteiger partial charge in [0.05, 0.1) is 19.0 Å². The van der Waals surface area contributed by atoms with Gasteiger partial charge in [0, 0.05) is 0 Å². The third-order valence-electron chi connectivity index (χ3n) is 2.44. The molecular weight excluding hydrogens is 444 g/mol. The van der Waals surface area contributed by atoms with Crippen molar-refractivity contribution in [1.82, 2.24) is 0 Å². The molecule has 0 bridgehead atoms. The first-order chi connectivity index (χ1) is 8.61. The minimum atomic E-state index is 0.185. The van der Waals surface area contributed by atoms with Crippen molar-refractivity contribution in [3.63, 3.8) is 0 Å². The van der Waals surface area contributed by atoms with Crippen molar-refractivity contribution in [2.45, 2.75) is 11.8 Å². The molecule has 0 amide bonds. The molecule has 1 aromatic carbocycles. The molecule has 2 aromatic rings. The van der Waals surface area contributed by atoms with E-state index >= 15 is 0 Å². The average molecular weight is 455 g/mol. The highest BCUT2D eigenvalue weighted by Crippen LogP contribution is 2.41. The molecular formula is C13H11Br3OS. The lowest BCUT2D eigenvalue weighted by Gasteiger charge is -2.10. The minimum absolute atomic E-state index is 0.185. The number of rotatable bonds is 4. The Kier molecular flexibility index (Phi) is 5.30. The van der Waals surface area contributed by atoms with Crippen molar-refractivity contribution < 1.29 is 4.74 Å². The Morgan fingerprint density at radius 1 is 1.22 bits per heavy atom. The van der Waals surface area contributed by atoms with Crippen LogP contribution in [0.25, 0.3) is 0 Å². The van der Waals surface area contributed by atoms with Gasteiger partial charge in [0.2, 0.25) is 0 Å². The number of thiophene rings is 1. The number of hydrogen-bond donors (Lipinski definition) is 0. The van der Waals surface area contributed by atoms with Gasteiger partial charge in [-0.3, -0.25) is 0 Å². The highest BCUT2D eigenvalue weighted by Gasteiger charge is 2.16. The van der Waals surface area contributed by atoms with Crippen LogP contribution in [-0.4, -0.2) is 6.61 Å². The summed E-state index contributed by atoms with van der Waals surface area (Å²) >= 11 is 12.5. The zero-order valence-electron chi connectivity index (χ0n) is 9.62. The largest absolute Gasteiger partial charge is 0.494 e. The van der Waals surface area contributed by atoms with E-state index in [0.29, 0.717) is 6.61 Å². The molecule has 96 valence electrons. The van der Waals surface area contributed by atoms with Crippen LogP contribution in [0.15, 0.2) is 37.9 Å². The molecule has 1 nitrogen and oxygen atoms in total. The van der Waals surface area contributed by atoms with Crippen molar-refractivity contribution in [3.05, 3.63) is 49.0 Å². The van der Waals surface area contributed by atoms with Crippen molar-refractivity contribution in [1.29, 1.82) is 0 Å². The molecule has 1 heterocycles. The maximum atomic E-state index is 5.44. The van der Waals surface area contributed by atoms with Gasteiger partial charge in [0.25, 0.3) is 0 Å². The van der Waals surface area contributed by atoms with E-state index in [1.165, 1.54) is 11.1 Å². The van der Waals surface area contributed by atoms with E-state index in [-0.39, 0.29) is 4.83 Å². The van der Waals surface area contributed by atoms with E-state index in [1.54, 1.807) is 11.3 Å². The van der Waals surface area contributed by atoms with Crippen LogP contribution >= 0.6 is 59.1 Å². The van der Waals surface area contributed by atoms with Gasteiger partial charge in [-0.2, -0.15) is 0 Å². The van der Waals surface area contributed by atoms with Crippen LogP contribution in [-0.2, 0) is 0 Å². The zero-order valence-corrected chi connectivity index (χ0v) is 15.2. The molecule has 0 N–H and O–H groups in total. The van der Waals surface area contributed by atoms with E-state index in [2.05, 4.69) is 66.0 Å². The molecule has 2 rings (SSSR count). The number of benzene rings is 1. The zero-order chi connectivity index (χ0) is 13.1. The third kappa shape index (κ3) is 3.38. The Labute approximate surface area is 136 Å². The van der Waals surface area contributed by atoms with Gasteiger partial charge in [-0.1, -0.05) is 28.1 Å². The first-order valence-electron chi connectivity index (χ1n) is 5.43. The second kappa shape index (κ2) is 6.55. The lowest BCUT2D eigenvalue weighted by molar-refractivity contribution is 0.340. The van der Waals surface area contributed by atoms with E-state index in [9.17, 15) is 0 Å². The van der Waals surface area contributed by atoms with Gasteiger partial charge in [-0.15, -0.1) is 11.3 Å². The van der Waals surface area contributed by atoms with Gasteiger partial charge < -0.3 is 4.74 Å². The molecule has 18 heavy (non-hydrogen) atoms. The maximum Gasteiger partial charge on any atom is 0.119 e. The van der Waals surface area contributed by atoms with Crippen LogP contribution in [0.3, 0.4) is 0 Å². The van der Waals surface area contributed by atoms with Crippen molar-refractivity contribution in [2.75, 3.05) is 6.61 Å². The van der Waals surface area contributed by atoms with Gasteiger partial charge >= 0.3 is 0 Å². The highest BCUT2D eigenvalue weighted by molar-refractivity contribution is 9.12. The standard InChI is InChI=1S/C13H11Br3OS/c1-2-17-9-5-3-8(4-6-9)12(15)10-7-11(14)18-13(10)16/h3-7,12H,2H2,1H3. The lowest BCUT2D eigenvalue weighted by atomic mass is 10.1. The molecule has 0 aliphatic carbocycles. The summed E-state index contributed by atoms with van der Waals surface area (Å²) in [6, 6.07) is 10.3. The third-order valence-corrected chi connectivity index (χ3v) is 5.85. The molecule has 0 saturated heterocycles. The van der Waals surface area contributed by atoms with E-state index in [4.69, 9.17) is 4.74 Å². The summed E-state index contributed by atoms with van der Waals surface area (Å²) in [6.45, 7) is 2.68. The van der Waals surface area contributed by atoms with Crippen LogP contribution in [0.1, 0.15) is 22.9 Å². The summed E-state index contributed by atoms with van der Waals surface area (Å²) in [7, 11) is 0. The van der Waals surface area contributed by atoms with Crippen molar-refractivity contribution >= 4 is 59.1 Å². The fraction of sp³-hybridized carbons (Fsp3) is 0.231. The first kappa shape index (κ1) is 14.6. The second-order valence-electron chi connectivity index (χ2n) is 3.64. The summed E-state index contributed by atoms with van der Waals surface area (Å²) in [5.74, 6) is 0.909. The summed E-state index contributed by atoms with van der Waals surface area (Å²) in [5, 5.41) is 0. The fourth-order valence-electron chi connectivity index (χ4n) is 1.61. The van der Waals surface area contributed by atoms with Gasteiger partial charge in [-0.25, -0.2) is 0 Å². The predicted octanol–water partition coefficient (Wildman–Crippen LogP) is 6.16. The summed E-state index contributed by atoms with van der Waals surface area (Å²) in [4.78, 5) is 0.185. The lowest BCUT2D eigenvalue weighted by Crippen LogP contribution is -1.94. The molecule has 1 atom stereocenters. The Balaban J connectivity index is 2.23. The highest BCUT2D eigenvalue weighted by atomic mass is 79.9. The van der Waals surface area contributed by atoms with Gasteiger partial charge in [0.15, 0.2) is 0 Å². The molecule has 0 spiro atoms. The van der Waals surface area contributed by atoms with Crippen LogP contribution < -0.4 is 4.74 Å². The number of hydrogen-bond acceptors (Lipinski definition) is 2. The minimum Gasteiger partial charge on any atom is -0.494 e. The van der Waals surface area contributed by atoms with E-state index < -0.39 is 0 Å². The monoisotopic (exact) mass is 452 g/mol. The van der Waals surface area contributed by atoms with Crippen LogP contribution in [0, 0.1) is 0 Å². The second-order valence-corrected chi connectivity index (χ2v) is 8.31. The van der Waals surface area contributed by atoms with Crippen LogP contribution in [0.5, 0.6) is 5.75 Å². The van der Waals surface area contributed by atoms with E-state index in [1.807, 2.05) is 19.1 Å². The molecule has 1 unspecified atom stereocenters. The molecule has 5 heteroatoms. The van der Waals surface area contributed by atoms with Crippen LogP contribution in [0.2, 0.25) is 0 Å². The maximum absolute atomic E-state index is 5.44. The summed E-state index contributed by atoms with van der Waals surface area (Å²) < 4.78 is 7.71. The number of alkyl halides is 1. The summed E-state index contributed by atoms with van der Waals surface area (Å²) in [5.41, 5.74) is 2.44. The molecule has 1 aromatic heterocycles. The normalized spacial score (nSPS) is 12.4. The van der Waals surface area contributed by atoms with Crippen molar-refractivity contribution in [3.8, 4) is 5.75 Å². The number of ether oxygens (including phenoxy) is 1. The molecule has 0 fully saturated rings. The fourth-order valence-corrected chi connectivity index (χ4v) is 5.63. The molecule has 0 radical (unpaired) electrons. The molecule has 0 aliphatic heterocycles.